The number of aromatic nitrogens is 5. The molecule has 1 aliphatic heterocycles. The molecule has 4 aromatic rings. The van der Waals surface area contributed by atoms with Crippen molar-refractivity contribution in [2.24, 2.45) is 0 Å². The number of imidazole rings is 1. The number of rotatable bonds is 3. The normalized spacial score (nSPS) is 14.8. The van der Waals surface area contributed by atoms with E-state index in [1.165, 1.54) is 19.3 Å². The fourth-order valence-electron chi connectivity index (χ4n) is 3.36. The van der Waals surface area contributed by atoms with Gasteiger partial charge in [-0.2, -0.15) is 4.98 Å². The Morgan fingerprint density at radius 3 is 2.69 bits per heavy atom. The molecule has 0 radical (unpaired) electrons. The summed E-state index contributed by atoms with van der Waals surface area (Å²) < 4.78 is 5.44. The van der Waals surface area contributed by atoms with E-state index in [0.717, 1.165) is 41.1 Å². The highest BCUT2D eigenvalue weighted by atomic mass is 16.5. The average molecular weight is 346 g/mol. The summed E-state index contributed by atoms with van der Waals surface area (Å²) in [4.78, 5) is 18.7. The summed E-state index contributed by atoms with van der Waals surface area (Å²) in [6.07, 6.45) is 7.26. The van der Waals surface area contributed by atoms with Gasteiger partial charge in [-0.05, 0) is 49.6 Å². The van der Waals surface area contributed by atoms with Crippen LogP contribution in [-0.2, 0) is 0 Å². The average Bonchev–Trinajstić information content (AvgIpc) is 3.38. The van der Waals surface area contributed by atoms with Gasteiger partial charge in [-0.25, -0.2) is 9.97 Å². The summed E-state index contributed by atoms with van der Waals surface area (Å²) in [7, 11) is 0. The number of aromatic amines is 1. The van der Waals surface area contributed by atoms with Crippen molar-refractivity contribution in [3.05, 3.63) is 42.9 Å². The molecule has 1 aliphatic rings. The van der Waals surface area contributed by atoms with Crippen molar-refractivity contribution in [3.63, 3.8) is 0 Å². The van der Waals surface area contributed by atoms with Gasteiger partial charge >= 0.3 is 0 Å². The summed E-state index contributed by atoms with van der Waals surface area (Å²) in [6.45, 7) is 2.16. The number of piperidine rings is 1. The largest absolute Gasteiger partial charge is 0.357 e. The first kappa shape index (κ1) is 15.1. The first-order valence-electron chi connectivity index (χ1n) is 8.85. The Morgan fingerprint density at radius 2 is 1.85 bits per heavy atom. The predicted molar refractivity (Wildman–Crippen MR) is 98.7 cm³/mol. The zero-order valence-corrected chi connectivity index (χ0v) is 14.2. The molecule has 5 rings (SSSR count). The number of anilines is 1. The van der Waals surface area contributed by atoms with Crippen LogP contribution in [0.4, 0.5) is 5.82 Å². The third-order valence-corrected chi connectivity index (χ3v) is 4.78. The van der Waals surface area contributed by atoms with Crippen molar-refractivity contribution in [2.75, 3.05) is 18.0 Å². The standard InChI is InChI=1S/C19H18N6O/c1-2-8-25(9-3-1)17-7-5-14(11-20-17)18-23-19(26-24-18)13-4-6-15-16(10-13)22-12-21-15/h4-7,10-12H,1-3,8-9H2,(H,21,22). The van der Waals surface area contributed by atoms with Crippen LogP contribution < -0.4 is 4.90 Å². The number of nitrogens with one attached hydrogen (secondary N) is 1. The molecule has 0 unspecified atom stereocenters. The van der Waals surface area contributed by atoms with E-state index in [1.807, 2.05) is 36.5 Å². The lowest BCUT2D eigenvalue weighted by Gasteiger charge is -2.27. The first-order chi connectivity index (χ1) is 12.9. The molecule has 26 heavy (non-hydrogen) atoms. The zero-order chi connectivity index (χ0) is 17.3. The lowest BCUT2D eigenvalue weighted by molar-refractivity contribution is 0.432. The van der Waals surface area contributed by atoms with Crippen LogP contribution >= 0.6 is 0 Å². The zero-order valence-electron chi connectivity index (χ0n) is 14.2. The van der Waals surface area contributed by atoms with Crippen LogP contribution in [0.25, 0.3) is 33.9 Å². The topological polar surface area (TPSA) is 83.7 Å². The van der Waals surface area contributed by atoms with E-state index in [9.17, 15) is 0 Å². The number of nitrogens with zero attached hydrogens (tertiary/aromatic N) is 5. The van der Waals surface area contributed by atoms with E-state index >= 15 is 0 Å². The molecule has 1 aromatic carbocycles. The molecule has 0 saturated carbocycles. The fraction of sp³-hybridized carbons (Fsp3) is 0.263. The van der Waals surface area contributed by atoms with Gasteiger partial charge in [0.05, 0.1) is 17.4 Å². The van der Waals surface area contributed by atoms with Crippen molar-refractivity contribution in [3.8, 4) is 22.8 Å². The summed E-state index contributed by atoms with van der Waals surface area (Å²) >= 11 is 0. The minimum atomic E-state index is 0.483. The maximum atomic E-state index is 5.44. The maximum Gasteiger partial charge on any atom is 0.258 e. The second-order valence-electron chi connectivity index (χ2n) is 6.51. The van der Waals surface area contributed by atoms with E-state index in [-0.39, 0.29) is 0 Å². The van der Waals surface area contributed by atoms with Gasteiger partial charge in [0.2, 0.25) is 5.82 Å². The van der Waals surface area contributed by atoms with Crippen LogP contribution in [0.15, 0.2) is 47.4 Å². The van der Waals surface area contributed by atoms with E-state index in [0.29, 0.717) is 11.7 Å². The molecule has 1 saturated heterocycles. The molecule has 7 heteroatoms. The highest BCUT2D eigenvalue weighted by Crippen LogP contribution is 2.25. The number of H-pyrrole nitrogens is 1. The minimum Gasteiger partial charge on any atom is -0.357 e. The van der Waals surface area contributed by atoms with Crippen LogP contribution in [0.1, 0.15) is 19.3 Å². The van der Waals surface area contributed by atoms with Gasteiger partial charge in [0.15, 0.2) is 0 Å². The number of pyridine rings is 1. The number of hydrogen-bond acceptors (Lipinski definition) is 6. The van der Waals surface area contributed by atoms with Gasteiger partial charge in [0.1, 0.15) is 5.82 Å². The Bertz CT molecular complexity index is 1030. The molecule has 0 amide bonds. The van der Waals surface area contributed by atoms with Gasteiger partial charge < -0.3 is 14.4 Å². The molecule has 3 aromatic heterocycles. The van der Waals surface area contributed by atoms with Crippen molar-refractivity contribution in [2.45, 2.75) is 19.3 Å². The molecule has 0 aliphatic carbocycles. The molecule has 130 valence electrons. The second-order valence-corrected chi connectivity index (χ2v) is 6.51. The fourth-order valence-corrected chi connectivity index (χ4v) is 3.36. The quantitative estimate of drug-likeness (QED) is 0.609. The van der Waals surface area contributed by atoms with Gasteiger partial charge in [0, 0.05) is 30.4 Å². The third kappa shape index (κ3) is 2.71. The van der Waals surface area contributed by atoms with Crippen molar-refractivity contribution in [1.82, 2.24) is 25.1 Å². The number of hydrogen-bond donors (Lipinski definition) is 1. The lowest BCUT2D eigenvalue weighted by Crippen LogP contribution is -2.29. The molecule has 0 atom stereocenters. The Balaban J connectivity index is 1.40. The van der Waals surface area contributed by atoms with Gasteiger partial charge in [-0.15, -0.1) is 0 Å². The molecular weight excluding hydrogens is 328 g/mol. The van der Waals surface area contributed by atoms with Crippen molar-refractivity contribution >= 4 is 16.9 Å². The SMILES string of the molecule is c1nc2ccc(-c3nc(-c4ccc(N5CCCCC5)nc4)no3)cc2[nH]1. The van der Waals surface area contributed by atoms with Crippen LogP contribution in [0.2, 0.25) is 0 Å². The van der Waals surface area contributed by atoms with Gasteiger partial charge in [-0.3, -0.25) is 0 Å². The van der Waals surface area contributed by atoms with Crippen LogP contribution in [0.3, 0.4) is 0 Å². The number of benzene rings is 1. The molecule has 1 N–H and O–H groups in total. The molecule has 4 heterocycles. The highest BCUT2D eigenvalue weighted by molar-refractivity contribution is 5.79. The third-order valence-electron chi connectivity index (χ3n) is 4.78. The highest BCUT2D eigenvalue weighted by Gasteiger charge is 2.14. The summed E-state index contributed by atoms with van der Waals surface area (Å²) in [6, 6.07) is 9.85. The lowest BCUT2D eigenvalue weighted by atomic mass is 10.1. The predicted octanol–water partition coefficient (Wildman–Crippen LogP) is 3.67. The molecule has 0 spiro atoms. The van der Waals surface area contributed by atoms with Gasteiger partial charge in [0.25, 0.3) is 5.89 Å². The van der Waals surface area contributed by atoms with E-state index in [2.05, 4.69) is 30.0 Å². The van der Waals surface area contributed by atoms with Crippen LogP contribution in [0, 0.1) is 0 Å². The Morgan fingerprint density at radius 1 is 0.962 bits per heavy atom. The maximum absolute atomic E-state index is 5.44. The van der Waals surface area contributed by atoms with Crippen molar-refractivity contribution < 1.29 is 4.52 Å². The monoisotopic (exact) mass is 346 g/mol. The first-order valence-corrected chi connectivity index (χ1v) is 8.85. The van der Waals surface area contributed by atoms with E-state index < -0.39 is 0 Å². The molecule has 0 bridgehead atoms. The van der Waals surface area contributed by atoms with Crippen molar-refractivity contribution in [1.29, 1.82) is 0 Å². The van der Waals surface area contributed by atoms with Crippen LogP contribution in [-0.4, -0.2) is 38.2 Å². The molecular formula is C19H18N6O. The Labute approximate surface area is 150 Å². The summed E-state index contributed by atoms with van der Waals surface area (Å²) in [5, 5.41) is 4.11. The summed E-state index contributed by atoms with van der Waals surface area (Å²) in [5.74, 6) is 2.04. The summed E-state index contributed by atoms with van der Waals surface area (Å²) in [5.41, 5.74) is 3.56. The smallest absolute Gasteiger partial charge is 0.258 e. The minimum absolute atomic E-state index is 0.483. The van der Waals surface area contributed by atoms with Crippen LogP contribution in [0.5, 0.6) is 0 Å². The van der Waals surface area contributed by atoms with E-state index in [1.54, 1.807) is 6.33 Å². The molecule has 7 nitrogen and oxygen atoms in total. The second kappa shape index (κ2) is 6.25. The Kier molecular flexibility index (Phi) is 3.62. The van der Waals surface area contributed by atoms with Gasteiger partial charge in [-0.1, -0.05) is 5.16 Å². The number of fused-ring (bicyclic) bond motifs is 1. The Hall–Kier alpha value is -3.22. The van der Waals surface area contributed by atoms with E-state index in [4.69, 9.17) is 4.52 Å². The molecule has 1 fully saturated rings.